The Hall–Kier alpha value is -1.60. The van der Waals surface area contributed by atoms with Crippen LogP contribution in [0, 0.1) is 0 Å². The number of carboxylic acid groups (broad SMARTS) is 1. The highest BCUT2D eigenvalue weighted by atomic mass is 32.2. The van der Waals surface area contributed by atoms with Crippen molar-refractivity contribution < 1.29 is 18.3 Å². The van der Waals surface area contributed by atoms with Crippen LogP contribution < -0.4 is 9.44 Å². The molecule has 0 aliphatic heterocycles. The number of aromatic carboxylic acids is 1. The van der Waals surface area contributed by atoms with Gasteiger partial charge in [-0.2, -0.15) is 8.42 Å². The zero-order chi connectivity index (χ0) is 11.6. The topological polar surface area (TPSA) is 101 Å². The van der Waals surface area contributed by atoms with E-state index in [1.54, 1.807) is 0 Å². The first-order chi connectivity index (χ1) is 6.82. The summed E-state index contributed by atoms with van der Waals surface area (Å²) in [5.41, 5.74) is 0.393. The average Bonchev–Trinajstić information content (AvgIpc) is 2.15. The van der Waals surface area contributed by atoms with Crippen LogP contribution in [0.15, 0.2) is 24.3 Å². The number of carbonyl (C=O) groups is 1. The summed E-state index contributed by atoms with van der Waals surface area (Å²) in [5.74, 6) is -1.07. The number of anilines is 1. The molecular weight excluding hydrogens is 220 g/mol. The number of hydrogen-bond acceptors (Lipinski definition) is 3. The highest BCUT2D eigenvalue weighted by Crippen LogP contribution is 2.15. The molecule has 0 aromatic heterocycles. The van der Waals surface area contributed by atoms with E-state index in [0.29, 0.717) is 5.69 Å². The lowest BCUT2D eigenvalue weighted by Crippen LogP contribution is -2.33. The van der Waals surface area contributed by atoms with Crippen molar-refractivity contribution in [1.82, 2.24) is 0 Å². The van der Waals surface area contributed by atoms with Gasteiger partial charge in [0.05, 0.1) is 11.3 Å². The molecule has 1 aromatic carbocycles. The molecule has 0 bridgehead atoms. The van der Waals surface area contributed by atoms with Crippen LogP contribution in [-0.4, -0.2) is 26.5 Å². The van der Waals surface area contributed by atoms with E-state index in [2.05, 4.69) is 0 Å². The summed E-state index contributed by atoms with van der Waals surface area (Å²) in [6.45, 7) is 0. The van der Waals surface area contributed by atoms with E-state index in [-0.39, 0.29) is 5.56 Å². The number of benzene rings is 1. The Morgan fingerprint density at radius 1 is 1.33 bits per heavy atom. The smallest absolute Gasteiger partial charge is 0.335 e. The molecule has 82 valence electrons. The van der Waals surface area contributed by atoms with Crippen LogP contribution in [0.1, 0.15) is 10.4 Å². The summed E-state index contributed by atoms with van der Waals surface area (Å²) in [7, 11) is -2.52. The van der Waals surface area contributed by atoms with Gasteiger partial charge in [0.25, 0.3) is 10.2 Å². The molecule has 0 amide bonds. The second-order valence-corrected chi connectivity index (χ2v) is 4.44. The third-order valence-electron chi connectivity index (χ3n) is 1.86. The fourth-order valence-corrected chi connectivity index (χ4v) is 1.38. The van der Waals surface area contributed by atoms with Gasteiger partial charge in [-0.25, -0.2) is 9.93 Å². The van der Waals surface area contributed by atoms with Gasteiger partial charge in [0.1, 0.15) is 0 Å². The number of carboxylic acids is 1. The molecule has 0 aliphatic rings. The highest BCUT2D eigenvalue weighted by molar-refractivity contribution is 7.90. The monoisotopic (exact) mass is 230 g/mol. The van der Waals surface area contributed by atoms with Gasteiger partial charge in [-0.05, 0) is 24.3 Å². The molecule has 15 heavy (non-hydrogen) atoms. The van der Waals surface area contributed by atoms with Crippen molar-refractivity contribution in [3.05, 3.63) is 29.8 Å². The van der Waals surface area contributed by atoms with Crippen molar-refractivity contribution in [2.24, 2.45) is 5.14 Å². The molecule has 3 N–H and O–H groups in total. The summed E-state index contributed by atoms with van der Waals surface area (Å²) in [6, 6.07) is 5.35. The summed E-state index contributed by atoms with van der Waals surface area (Å²) < 4.78 is 22.7. The van der Waals surface area contributed by atoms with Crippen LogP contribution in [0.3, 0.4) is 0 Å². The quantitative estimate of drug-likeness (QED) is 0.764. The molecule has 1 aromatic rings. The highest BCUT2D eigenvalue weighted by Gasteiger charge is 2.12. The molecule has 0 heterocycles. The van der Waals surface area contributed by atoms with Crippen LogP contribution in [0.2, 0.25) is 0 Å². The van der Waals surface area contributed by atoms with Gasteiger partial charge in [-0.1, -0.05) is 0 Å². The Morgan fingerprint density at radius 3 is 2.13 bits per heavy atom. The van der Waals surface area contributed by atoms with Crippen LogP contribution in [0.5, 0.6) is 0 Å². The maximum Gasteiger partial charge on any atom is 0.335 e. The summed E-state index contributed by atoms with van der Waals surface area (Å²) >= 11 is 0. The Morgan fingerprint density at radius 2 is 1.80 bits per heavy atom. The minimum absolute atomic E-state index is 0.0848. The molecule has 0 unspecified atom stereocenters. The van der Waals surface area contributed by atoms with Gasteiger partial charge in [-0.3, -0.25) is 4.31 Å². The third-order valence-corrected chi connectivity index (χ3v) is 2.83. The molecule has 0 spiro atoms. The van der Waals surface area contributed by atoms with Gasteiger partial charge in [-0.15, -0.1) is 0 Å². The second kappa shape index (κ2) is 3.87. The Labute approximate surface area is 87.1 Å². The van der Waals surface area contributed by atoms with E-state index in [9.17, 15) is 13.2 Å². The normalized spacial score (nSPS) is 11.1. The van der Waals surface area contributed by atoms with E-state index in [1.165, 1.54) is 31.3 Å². The first-order valence-electron chi connectivity index (χ1n) is 3.92. The summed E-state index contributed by atoms with van der Waals surface area (Å²) in [5, 5.41) is 13.5. The third kappa shape index (κ3) is 2.67. The molecular formula is C8H10N2O4S. The van der Waals surface area contributed by atoms with Crippen molar-refractivity contribution in [3.63, 3.8) is 0 Å². The van der Waals surface area contributed by atoms with Crippen molar-refractivity contribution in [2.75, 3.05) is 11.4 Å². The van der Waals surface area contributed by atoms with Gasteiger partial charge < -0.3 is 5.11 Å². The van der Waals surface area contributed by atoms with Crippen molar-refractivity contribution >= 4 is 21.9 Å². The van der Waals surface area contributed by atoms with Crippen LogP contribution in [-0.2, 0) is 10.2 Å². The van der Waals surface area contributed by atoms with Crippen LogP contribution >= 0.6 is 0 Å². The summed E-state index contributed by atoms with van der Waals surface area (Å²) in [4.78, 5) is 10.5. The SMILES string of the molecule is CN(c1ccc(C(=O)O)cc1)S(N)(=O)=O. The van der Waals surface area contributed by atoms with Crippen molar-refractivity contribution in [2.45, 2.75) is 0 Å². The first-order valence-corrected chi connectivity index (χ1v) is 5.42. The minimum Gasteiger partial charge on any atom is -0.478 e. The predicted molar refractivity (Wildman–Crippen MR) is 54.9 cm³/mol. The molecule has 7 heteroatoms. The molecule has 0 saturated heterocycles. The first kappa shape index (κ1) is 11.5. The maximum atomic E-state index is 10.9. The lowest BCUT2D eigenvalue weighted by Gasteiger charge is -2.15. The second-order valence-electron chi connectivity index (χ2n) is 2.86. The number of nitrogens with zero attached hydrogens (tertiary/aromatic N) is 1. The van der Waals surface area contributed by atoms with Gasteiger partial charge in [0, 0.05) is 7.05 Å². The van der Waals surface area contributed by atoms with E-state index < -0.39 is 16.2 Å². The Balaban J connectivity index is 3.05. The van der Waals surface area contributed by atoms with Crippen LogP contribution in [0.4, 0.5) is 5.69 Å². The lowest BCUT2D eigenvalue weighted by molar-refractivity contribution is 0.0697. The van der Waals surface area contributed by atoms with Gasteiger partial charge >= 0.3 is 5.97 Å². The fraction of sp³-hybridized carbons (Fsp3) is 0.125. The molecule has 0 aliphatic carbocycles. The predicted octanol–water partition coefficient (Wildman–Crippen LogP) is 0.0245. The molecule has 0 atom stereocenters. The Kier molecular flexibility index (Phi) is 2.96. The van der Waals surface area contributed by atoms with Crippen LogP contribution in [0.25, 0.3) is 0 Å². The van der Waals surface area contributed by atoms with E-state index in [1.807, 2.05) is 0 Å². The number of nitrogens with two attached hydrogens (primary N) is 1. The average molecular weight is 230 g/mol. The maximum absolute atomic E-state index is 10.9. The molecule has 0 radical (unpaired) electrons. The molecule has 1 rings (SSSR count). The number of rotatable bonds is 3. The van der Waals surface area contributed by atoms with E-state index >= 15 is 0 Å². The molecule has 0 fully saturated rings. The van der Waals surface area contributed by atoms with Gasteiger partial charge in [0.15, 0.2) is 0 Å². The number of hydrogen-bond donors (Lipinski definition) is 2. The fourth-order valence-electron chi connectivity index (χ4n) is 0.961. The minimum atomic E-state index is -3.80. The largest absolute Gasteiger partial charge is 0.478 e. The van der Waals surface area contributed by atoms with E-state index in [4.69, 9.17) is 10.2 Å². The molecule has 6 nitrogen and oxygen atoms in total. The summed E-state index contributed by atoms with van der Waals surface area (Å²) in [6.07, 6.45) is 0. The Bertz CT molecular complexity index is 466. The lowest BCUT2D eigenvalue weighted by atomic mass is 10.2. The van der Waals surface area contributed by atoms with E-state index in [0.717, 1.165) is 4.31 Å². The zero-order valence-corrected chi connectivity index (χ0v) is 8.73. The van der Waals surface area contributed by atoms with Crippen molar-refractivity contribution in [1.29, 1.82) is 0 Å². The molecule has 0 saturated carbocycles. The van der Waals surface area contributed by atoms with Crippen molar-refractivity contribution in [3.8, 4) is 0 Å². The van der Waals surface area contributed by atoms with Gasteiger partial charge in [0.2, 0.25) is 0 Å². The zero-order valence-electron chi connectivity index (χ0n) is 7.91. The standard InChI is InChI=1S/C8H10N2O4S/c1-10(15(9,13)14)7-4-2-6(3-5-7)8(11)12/h2-5H,1H3,(H,11,12)(H2,9,13,14).